The first-order valence-electron chi connectivity index (χ1n) is 8.91. The number of hydrogen-bond acceptors (Lipinski definition) is 5. The maximum Gasteiger partial charge on any atom is 0.410 e. The van der Waals surface area contributed by atoms with E-state index in [-0.39, 0.29) is 23.7 Å². The van der Waals surface area contributed by atoms with Gasteiger partial charge in [0.25, 0.3) is 0 Å². The van der Waals surface area contributed by atoms with E-state index in [1.165, 1.54) is 7.11 Å². The zero-order valence-electron chi connectivity index (χ0n) is 17.3. The van der Waals surface area contributed by atoms with Crippen LogP contribution in [0.15, 0.2) is 0 Å². The lowest BCUT2D eigenvalue weighted by molar-refractivity contribution is -0.151. The summed E-state index contributed by atoms with van der Waals surface area (Å²) in [5, 5.41) is 0.0516. The van der Waals surface area contributed by atoms with E-state index < -0.39 is 25.9 Å². The number of esters is 1. The summed E-state index contributed by atoms with van der Waals surface area (Å²) in [4.78, 5) is 26.2. The molecule has 1 aliphatic rings. The van der Waals surface area contributed by atoms with Gasteiger partial charge >= 0.3 is 12.1 Å². The van der Waals surface area contributed by atoms with Gasteiger partial charge in [0.05, 0.1) is 19.1 Å². The van der Waals surface area contributed by atoms with Gasteiger partial charge in [0.2, 0.25) is 0 Å². The summed E-state index contributed by atoms with van der Waals surface area (Å²) in [5.74, 6) is -0.822. The maximum atomic E-state index is 12.3. The molecular weight excluding hydrogens is 338 g/mol. The lowest BCUT2D eigenvalue weighted by Gasteiger charge is -2.44. The fourth-order valence-corrected chi connectivity index (χ4v) is 3.89. The van der Waals surface area contributed by atoms with Crippen LogP contribution in [-0.4, -0.2) is 57.2 Å². The number of carbonyl (C=O) groups excluding carboxylic acids is 2. The second-order valence-corrected chi connectivity index (χ2v) is 14.0. The highest BCUT2D eigenvalue weighted by Gasteiger charge is 2.45. The molecule has 0 unspecified atom stereocenters. The fraction of sp³-hybridized carbons (Fsp3) is 0.889. The summed E-state index contributed by atoms with van der Waals surface area (Å²) in [7, 11) is -0.649. The first kappa shape index (κ1) is 22.0. The number of rotatable bonds is 3. The van der Waals surface area contributed by atoms with Crippen LogP contribution in [0.5, 0.6) is 0 Å². The summed E-state index contributed by atoms with van der Waals surface area (Å²) in [6.07, 6.45) is -0.0230. The highest BCUT2D eigenvalue weighted by molar-refractivity contribution is 6.74. The molecule has 0 radical (unpaired) electrons. The van der Waals surface area contributed by atoms with Crippen LogP contribution >= 0.6 is 0 Å². The van der Waals surface area contributed by atoms with Crippen LogP contribution in [0, 0.1) is 5.92 Å². The van der Waals surface area contributed by atoms with Gasteiger partial charge in [-0.3, -0.25) is 4.79 Å². The summed E-state index contributed by atoms with van der Waals surface area (Å²) in [5.41, 5.74) is -0.563. The molecule has 0 bridgehead atoms. The number of hydrogen-bond donors (Lipinski definition) is 0. The number of ether oxygens (including phenoxy) is 2. The zero-order valence-corrected chi connectivity index (χ0v) is 18.3. The van der Waals surface area contributed by atoms with Gasteiger partial charge in [0, 0.05) is 13.1 Å². The molecule has 1 aliphatic heterocycles. The monoisotopic (exact) mass is 373 g/mol. The van der Waals surface area contributed by atoms with E-state index >= 15 is 0 Å². The number of carbonyl (C=O) groups is 2. The van der Waals surface area contributed by atoms with Crippen molar-refractivity contribution in [3.63, 3.8) is 0 Å². The van der Waals surface area contributed by atoms with Crippen LogP contribution in [-0.2, 0) is 18.7 Å². The van der Waals surface area contributed by atoms with E-state index in [9.17, 15) is 9.59 Å². The average Bonchev–Trinajstić information content (AvgIpc) is 2.43. The van der Waals surface area contributed by atoms with E-state index in [4.69, 9.17) is 13.9 Å². The Kier molecular flexibility index (Phi) is 6.73. The highest BCUT2D eigenvalue weighted by atomic mass is 28.4. The zero-order chi connectivity index (χ0) is 19.6. The normalized spacial score (nSPS) is 22.5. The lowest BCUT2D eigenvalue weighted by atomic mass is 9.95. The van der Waals surface area contributed by atoms with Crippen LogP contribution < -0.4 is 0 Å². The third-order valence-corrected chi connectivity index (χ3v) is 9.46. The first-order valence-corrected chi connectivity index (χ1v) is 11.8. The summed E-state index contributed by atoms with van der Waals surface area (Å²) in [6.45, 7) is 17.1. The maximum absolute atomic E-state index is 12.3. The van der Waals surface area contributed by atoms with Crippen molar-refractivity contribution >= 4 is 20.4 Å². The van der Waals surface area contributed by atoms with Crippen LogP contribution in [0.3, 0.4) is 0 Å². The van der Waals surface area contributed by atoms with Crippen LogP contribution in [0.2, 0.25) is 18.1 Å². The Hall–Kier alpha value is -1.08. The predicted molar refractivity (Wildman–Crippen MR) is 100 cm³/mol. The van der Waals surface area contributed by atoms with Gasteiger partial charge in [0.15, 0.2) is 8.32 Å². The molecule has 2 atom stereocenters. The van der Waals surface area contributed by atoms with Crippen molar-refractivity contribution in [3.05, 3.63) is 0 Å². The number of amides is 1. The summed E-state index contributed by atoms with van der Waals surface area (Å²) in [6, 6.07) is 0. The van der Waals surface area contributed by atoms with Crippen molar-refractivity contribution in [1.29, 1.82) is 0 Å². The molecule has 146 valence electrons. The third-order valence-electron chi connectivity index (χ3n) is 4.96. The molecule has 1 fully saturated rings. The topological polar surface area (TPSA) is 65.1 Å². The minimum absolute atomic E-state index is 0.0516. The van der Waals surface area contributed by atoms with Gasteiger partial charge in [-0.15, -0.1) is 0 Å². The van der Waals surface area contributed by atoms with Crippen LogP contribution in [0.4, 0.5) is 4.79 Å². The van der Waals surface area contributed by atoms with Gasteiger partial charge < -0.3 is 18.8 Å². The Balaban J connectivity index is 2.90. The first-order chi connectivity index (χ1) is 11.2. The fourth-order valence-electron chi connectivity index (χ4n) is 2.50. The lowest BCUT2D eigenvalue weighted by Crippen LogP contribution is -2.55. The number of likely N-dealkylation sites (tertiary alicyclic amines) is 1. The van der Waals surface area contributed by atoms with Gasteiger partial charge in [-0.25, -0.2) is 4.79 Å². The van der Waals surface area contributed by atoms with Crippen LogP contribution in [0.1, 0.15) is 48.0 Å². The largest absolute Gasteiger partial charge is 0.469 e. The molecule has 0 spiro atoms. The van der Waals surface area contributed by atoms with E-state index in [0.29, 0.717) is 13.0 Å². The molecule has 0 saturated carbocycles. The van der Waals surface area contributed by atoms with Crippen molar-refractivity contribution in [2.24, 2.45) is 5.92 Å². The summed E-state index contributed by atoms with van der Waals surface area (Å²) >= 11 is 0. The molecule has 7 heteroatoms. The van der Waals surface area contributed by atoms with E-state index in [0.717, 1.165) is 0 Å². The Labute approximate surface area is 153 Å². The Morgan fingerprint density at radius 1 is 1.08 bits per heavy atom. The summed E-state index contributed by atoms with van der Waals surface area (Å²) < 4.78 is 16.9. The van der Waals surface area contributed by atoms with Crippen molar-refractivity contribution < 1.29 is 23.5 Å². The van der Waals surface area contributed by atoms with Gasteiger partial charge in [-0.05, 0) is 45.3 Å². The minimum Gasteiger partial charge on any atom is -0.469 e. The SMILES string of the molecule is COC(=O)[C@@H]1CN(C(=O)OC(C)(C)C)CC[C@@H]1O[Si](C)(C)C(C)(C)C. The Bertz CT molecular complexity index is 493. The number of methoxy groups -OCH3 is 1. The van der Waals surface area contributed by atoms with E-state index in [1.54, 1.807) is 4.90 Å². The predicted octanol–water partition coefficient (Wildman–Crippen LogP) is 3.81. The minimum atomic E-state index is -2.02. The third kappa shape index (κ3) is 5.99. The van der Waals surface area contributed by atoms with Gasteiger partial charge in [-0.1, -0.05) is 20.8 Å². The molecule has 0 aromatic rings. The molecule has 0 aliphatic carbocycles. The molecule has 25 heavy (non-hydrogen) atoms. The Morgan fingerprint density at radius 3 is 2.08 bits per heavy atom. The number of piperidine rings is 1. The Morgan fingerprint density at radius 2 is 1.64 bits per heavy atom. The molecule has 1 heterocycles. The standard InChI is InChI=1S/C18H35NO5Si/c1-17(2,3)23-16(21)19-11-10-14(13(12-19)15(20)22-7)24-25(8,9)18(4,5)6/h13-14H,10-12H2,1-9H3/t13-,14+/m1/s1. The highest BCUT2D eigenvalue weighted by Crippen LogP contribution is 2.39. The van der Waals surface area contributed by atoms with Crippen molar-refractivity contribution in [2.45, 2.75) is 77.8 Å². The molecule has 1 rings (SSSR count). The van der Waals surface area contributed by atoms with Crippen molar-refractivity contribution in [3.8, 4) is 0 Å². The number of nitrogens with zero attached hydrogens (tertiary/aromatic N) is 1. The molecule has 6 nitrogen and oxygen atoms in total. The van der Waals surface area contributed by atoms with Gasteiger partial charge in [0.1, 0.15) is 5.60 Å². The second kappa shape index (κ2) is 7.66. The second-order valence-electron chi connectivity index (χ2n) is 9.26. The van der Waals surface area contributed by atoms with E-state index in [1.807, 2.05) is 20.8 Å². The van der Waals surface area contributed by atoms with Gasteiger partial charge in [-0.2, -0.15) is 0 Å². The molecule has 0 aromatic carbocycles. The quantitative estimate of drug-likeness (QED) is 0.556. The molecule has 1 amide bonds. The van der Waals surface area contributed by atoms with Crippen molar-refractivity contribution in [2.75, 3.05) is 20.2 Å². The van der Waals surface area contributed by atoms with Crippen molar-refractivity contribution in [1.82, 2.24) is 4.90 Å². The molecule has 0 N–H and O–H groups in total. The molecule has 0 aromatic heterocycles. The molecule has 1 saturated heterocycles. The van der Waals surface area contributed by atoms with Crippen LogP contribution in [0.25, 0.3) is 0 Å². The average molecular weight is 374 g/mol. The van der Waals surface area contributed by atoms with E-state index in [2.05, 4.69) is 33.9 Å². The molecular formula is C18H35NO5Si. The smallest absolute Gasteiger partial charge is 0.410 e.